The first-order chi connectivity index (χ1) is 8.74. The molecular formula is C12H18F2N2O2. The largest absolute Gasteiger partial charge is 0.415 e. The van der Waals surface area contributed by atoms with Crippen molar-refractivity contribution in [3.63, 3.8) is 0 Å². The summed E-state index contributed by atoms with van der Waals surface area (Å²) in [7, 11) is 0. The van der Waals surface area contributed by atoms with Gasteiger partial charge < -0.3 is 9.47 Å². The van der Waals surface area contributed by atoms with Crippen LogP contribution in [-0.4, -0.2) is 30.0 Å². The summed E-state index contributed by atoms with van der Waals surface area (Å²) in [6, 6.07) is 1.54. The number of aromatic nitrogens is 2. The van der Waals surface area contributed by atoms with Crippen LogP contribution in [0.2, 0.25) is 0 Å². The molecule has 2 rings (SSSR count). The minimum Gasteiger partial charge on any atom is -0.415 e. The van der Waals surface area contributed by atoms with E-state index in [1.54, 1.807) is 0 Å². The van der Waals surface area contributed by atoms with E-state index >= 15 is 0 Å². The summed E-state index contributed by atoms with van der Waals surface area (Å²) in [5.74, 6) is 0.699. The minimum absolute atomic E-state index is 0.0360. The van der Waals surface area contributed by atoms with Crippen molar-refractivity contribution in [3.8, 4) is 5.88 Å². The van der Waals surface area contributed by atoms with Gasteiger partial charge in [0.15, 0.2) is 0 Å². The number of nitrogens with zero attached hydrogens (tertiary/aromatic N) is 1. The molecular weight excluding hydrogens is 242 g/mol. The third-order valence-electron chi connectivity index (χ3n) is 3.22. The minimum atomic E-state index is -2.82. The molecule has 1 aliphatic heterocycles. The molecule has 0 radical (unpaired) electrons. The Hall–Kier alpha value is -1.17. The summed E-state index contributed by atoms with van der Waals surface area (Å²) in [6.07, 6.45) is 5.25. The summed E-state index contributed by atoms with van der Waals surface area (Å²) in [6.45, 7) is -1.09. The molecule has 0 aromatic carbocycles. The Morgan fingerprint density at radius 3 is 2.94 bits per heavy atom. The van der Waals surface area contributed by atoms with Crippen molar-refractivity contribution in [2.45, 2.75) is 38.7 Å². The van der Waals surface area contributed by atoms with E-state index in [2.05, 4.69) is 14.9 Å². The topological polar surface area (TPSA) is 47.1 Å². The fourth-order valence-electron chi connectivity index (χ4n) is 2.24. The molecule has 102 valence electrons. The molecule has 0 spiro atoms. The molecule has 0 amide bonds. The number of nitrogens with one attached hydrogen (secondary N) is 1. The van der Waals surface area contributed by atoms with Crippen molar-refractivity contribution in [1.82, 2.24) is 10.2 Å². The lowest BCUT2D eigenvalue weighted by molar-refractivity contribution is -0.0528. The fourth-order valence-corrected chi connectivity index (χ4v) is 2.24. The second-order valence-corrected chi connectivity index (χ2v) is 4.56. The lowest BCUT2D eigenvalue weighted by Crippen LogP contribution is -2.15. The normalized spacial score (nSPS) is 17.3. The van der Waals surface area contributed by atoms with Gasteiger partial charge in [-0.25, -0.2) is 0 Å². The number of rotatable bonds is 6. The Morgan fingerprint density at radius 1 is 1.44 bits per heavy atom. The maximum atomic E-state index is 11.9. The first-order valence-corrected chi connectivity index (χ1v) is 6.31. The van der Waals surface area contributed by atoms with Crippen molar-refractivity contribution < 1.29 is 18.3 Å². The predicted octanol–water partition coefficient (Wildman–Crippen LogP) is 2.76. The first kappa shape index (κ1) is 13.3. The summed E-state index contributed by atoms with van der Waals surface area (Å²) in [5, 5.41) is 6.39. The van der Waals surface area contributed by atoms with Gasteiger partial charge in [-0.05, 0) is 38.0 Å². The van der Waals surface area contributed by atoms with Gasteiger partial charge in [0.1, 0.15) is 0 Å². The average Bonchev–Trinajstić information content (AvgIpc) is 2.77. The molecule has 0 aliphatic carbocycles. The Labute approximate surface area is 105 Å². The molecule has 1 N–H and O–H groups in total. The van der Waals surface area contributed by atoms with Crippen LogP contribution in [0.15, 0.2) is 6.07 Å². The molecule has 1 saturated heterocycles. The Morgan fingerprint density at radius 2 is 2.22 bits per heavy atom. The third kappa shape index (κ3) is 4.25. The monoisotopic (exact) mass is 260 g/mol. The highest BCUT2D eigenvalue weighted by molar-refractivity contribution is 5.13. The zero-order valence-corrected chi connectivity index (χ0v) is 10.2. The average molecular weight is 260 g/mol. The van der Waals surface area contributed by atoms with Crippen molar-refractivity contribution in [1.29, 1.82) is 0 Å². The van der Waals surface area contributed by atoms with Crippen LogP contribution < -0.4 is 4.74 Å². The molecule has 18 heavy (non-hydrogen) atoms. The number of halogens is 2. The molecule has 4 nitrogen and oxygen atoms in total. The van der Waals surface area contributed by atoms with Crippen LogP contribution in [0.1, 0.15) is 31.4 Å². The van der Waals surface area contributed by atoms with Crippen molar-refractivity contribution in [2.75, 3.05) is 13.2 Å². The number of H-pyrrole nitrogens is 1. The molecule has 0 atom stereocenters. The maximum absolute atomic E-state index is 11.9. The van der Waals surface area contributed by atoms with Crippen LogP contribution >= 0.6 is 0 Å². The zero-order valence-electron chi connectivity index (χ0n) is 10.2. The van der Waals surface area contributed by atoms with E-state index in [1.807, 2.05) is 0 Å². The van der Waals surface area contributed by atoms with E-state index in [4.69, 9.17) is 4.74 Å². The van der Waals surface area contributed by atoms with E-state index in [-0.39, 0.29) is 5.88 Å². The van der Waals surface area contributed by atoms with Gasteiger partial charge >= 0.3 is 6.61 Å². The van der Waals surface area contributed by atoms with Crippen LogP contribution in [0, 0.1) is 5.92 Å². The van der Waals surface area contributed by atoms with Crippen LogP contribution in [0.25, 0.3) is 0 Å². The van der Waals surface area contributed by atoms with E-state index in [0.717, 1.165) is 56.9 Å². The van der Waals surface area contributed by atoms with E-state index in [0.29, 0.717) is 0 Å². The van der Waals surface area contributed by atoms with Gasteiger partial charge in [0, 0.05) is 25.0 Å². The van der Waals surface area contributed by atoms with Gasteiger partial charge in [0.2, 0.25) is 5.88 Å². The molecule has 2 heterocycles. The summed E-state index contributed by atoms with van der Waals surface area (Å²) in [4.78, 5) is 0. The van der Waals surface area contributed by atoms with Crippen molar-refractivity contribution in [3.05, 3.63) is 11.8 Å². The van der Waals surface area contributed by atoms with Gasteiger partial charge in [-0.3, -0.25) is 5.10 Å². The van der Waals surface area contributed by atoms with Gasteiger partial charge in [-0.15, -0.1) is 5.10 Å². The second kappa shape index (κ2) is 6.68. The van der Waals surface area contributed by atoms with E-state index in [1.165, 1.54) is 6.07 Å². The Kier molecular flexibility index (Phi) is 4.92. The van der Waals surface area contributed by atoms with Crippen LogP contribution in [0.5, 0.6) is 5.88 Å². The first-order valence-electron chi connectivity index (χ1n) is 6.31. The lowest BCUT2D eigenvalue weighted by Gasteiger charge is -2.21. The number of hydrogen-bond acceptors (Lipinski definition) is 3. The molecule has 1 aromatic rings. The molecule has 1 aliphatic rings. The van der Waals surface area contributed by atoms with Crippen molar-refractivity contribution >= 4 is 0 Å². The maximum Gasteiger partial charge on any atom is 0.388 e. The van der Waals surface area contributed by atoms with Crippen LogP contribution in [0.4, 0.5) is 8.78 Å². The van der Waals surface area contributed by atoms with E-state index in [9.17, 15) is 8.78 Å². The SMILES string of the molecule is FC(F)Oc1cc(CCCC2CCOCC2)[nH]n1. The summed E-state index contributed by atoms with van der Waals surface area (Å²) < 4.78 is 33.4. The third-order valence-corrected chi connectivity index (χ3v) is 3.22. The number of ether oxygens (including phenoxy) is 2. The van der Waals surface area contributed by atoms with Gasteiger partial charge in [-0.1, -0.05) is 0 Å². The predicted molar refractivity (Wildman–Crippen MR) is 61.7 cm³/mol. The summed E-state index contributed by atoms with van der Waals surface area (Å²) >= 11 is 0. The molecule has 6 heteroatoms. The quantitative estimate of drug-likeness (QED) is 0.855. The standard InChI is InChI=1S/C12H18F2N2O2/c13-12(14)18-11-8-10(15-16-11)3-1-2-9-4-6-17-7-5-9/h8-9,12H,1-7H2,(H,15,16). The molecule has 1 aromatic heterocycles. The lowest BCUT2D eigenvalue weighted by atomic mass is 9.94. The number of alkyl halides is 2. The van der Waals surface area contributed by atoms with E-state index < -0.39 is 6.61 Å². The summed E-state index contributed by atoms with van der Waals surface area (Å²) in [5.41, 5.74) is 0.845. The fraction of sp³-hybridized carbons (Fsp3) is 0.750. The second-order valence-electron chi connectivity index (χ2n) is 4.56. The van der Waals surface area contributed by atoms with Gasteiger partial charge in [-0.2, -0.15) is 8.78 Å². The Bertz CT molecular complexity index is 352. The molecule has 0 saturated carbocycles. The van der Waals surface area contributed by atoms with Crippen LogP contribution in [0.3, 0.4) is 0 Å². The van der Waals surface area contributed by atoms with Gasteiger partial charge in [0.25, 0.3) is 0 Å². The smallest absolute Gasteiger partial charge is 0.388 e. The Balaban J connectivity index is 1.67. The highest BCUT2D eigenvalue weighted by Gasteiger charge is 2.13. The van der Waals surface area contributed by atoms with Gasteiger partial charge in [0.05, 0.1) is 0 Å². The highest BCUT2D eigenvalue weighted by Crippen LogP contribution is 2.21. The molecule has 1 fully saturated rings. The molecule has 0 unspecified atom stereocenters. The zero-order chi connectivity index (χ0) is 12.8. The number of aromatic amines is 1. The highest BCUT2D eigenvalue weighted by atomic mass is 19.3. The van der Waals surface area contributed by atoms with Crippen LogP contribution in [-0.2, 0) is 11.2 Å². The number of aryl methyl sites for hydroxylation is 1. The number of hydrogen-bond donors (Lipinski definition) is 1. The van der Waals surface area contributed by atoms with Crippen molar-refractivity contribution in [2.24, 2.45) is 5.92 Å². The molecule has 0 bridgehead atoms.